The van der Waals surface area contributed by atoms with Gasteiger partial charge in [-0.05, 0) is 41.8 Å². The van der Waals surface area contributed by atoms with Crippen molar-refractivity contribution >= 4 is 21.6 Å². The molecular weight excluding hydrogens is 527 g/mol. The molecule has 13 heteroatoms. The summed E-state index contributed by atoms with van der Waals surface area (Å²) in [5, 5.41) is 3.67. The summed E-state index contributed by atoms with van der Waals surface area (Å²) in [6, 6.07) is 10.8. The van der Waals surface area contributed by atoms with Gasteiger partial charge in [0.25, 0.3) is 5.91 Å². The summed E-state index contributed by atoms with van der Waals surface area (Å²) in [7, 11) is -2.28. The third-order valence-corrected chi connectivity index (χ3v) is 8.46. The highest BCUT2D eigenvalue weighted by Gasteiger charge is 2.44. The predicted octanol–water partition coefficient (Wildman–Crippen LogP) is 3.71. The van der Waals surface area contributed by atoms with Gasteiger partial charge in [0.1, 0.15) is 24.4 Å². The average Bonchev–Trinajstić information content (AvgIpc) is 3.40. The highest BCUT2D eigenvalue weighted by Crippen LogP contribution is 2.39. The Labute approximate surface area is 216 Å². The molecule has 5 rings (SSSR count). The first kappa shape index (κ1) is 26.2. The Kier molecular flexibility index (Phi) is 6.92. The van der Waals surface area contributed by atoms with Crippen LogP contribution < -0.4 is 9.64 Å². The lowest BCUT2D eigenvalue weighted by atomic mass is 9.97. The number of aromatic nitrogens is 1. The number of halogens is 3. The van der Waals surface area contributed by atoms with E-state index in [0.717, 1.165) is 12.1 Å². The summed E-state index contributed by atoms with van der Waals surface area (Å²) in [4.78, 5) is 14.5. The number of piperidine rings is 1. The number of ether oxygens (including phenoxy) is 2. The van der Waals surface area contributed by atoms with Crippen molar-refractivity contribution in [3.8, 4) is 16.9 Å². The Morgan fingerprint density at radius 2 is 1.92 bits per heavy atom. The van der Waals surface area contributed by atoms with E-state index < -0.39 is 33.9 Å². The zero-order valence-corrected chi connectivity index (χ0v) is 21.0. The second-order valence-corrected chi connectivity index (χ2v) is 11.0. The van der Waals surface area contributed by atoms with Gasteiger partial charge < -0.3 is 18.9 Å². The Hall–Kier alpha value is -3.42. The number of rotatable bonds is 6. The second kappa shape index (κ2) is 10.0. The van der Waals surface area contributed by atoms with Crippen molar-refractivity contribution in [1.82, 2.24) is 9.46 Å². The molecule has 202 valence electrons. The van der Waals surface area contributed by atoms with Gasteiger partial charge in [0.2, 0.25) is 10.0 Å². The standard InChI is InChI=1S/C25H24F3N3O6S/c1-35-22-12-17(16-3-2-4-18(11-16)25(26,27)28)5-6-20(22)31-21-7-9-30(13-23(21)36-14-24(31)32)38(33,34)15-19-8-10-37-29-19/h2-6,8,10-12,21,23H,7,9,13-15H2,1H3/t21-,23-/m0/s1. The first-order valence-electron chi connectivity index (χ1n) is 11.7. The minimum absolute atomic E-state index is 0.0548. The molecule has 2 atom stereocenters. The van der Waals surface area contributed by atoms with Crippen LogP contribution in [0.4, 0.5) is 18.9 Å². The fraction of sp³-hybridized carbons (Fsp3) is 0.360. The Balaban J connectivity index is 1.40. The Morgan fingerprint density at radius 3 is 2.63 bits per heavy atom. The Morgan fingerprint density at radius 1 is 1.13 bits per heavy atom. The van der Waals surface area contributed by atoms with Crippen LogP contribution in [-0.2, 0) is 31.5 Å². The van der Waals surface area contributed by atoms with E-state index in [4.69, 9.17) is 14.0 Å². The fourth-order valence-corrected chi connectivity index (χ4v) is 6.32. The molecule has 0 saturated carbocycles. The summed E-state index contributed by atoms with van der Waals surface area (Å²) in [5.41, 5.74) is 0.795. The van der Waals surface area contributed by atoms with Crippen molar-refractivity contribution in [3.63, 3.8) is 0 Å². The number of methoxy groups -OCH3 is 1. The summed E-state index contributed by atoms with van der Waals surface area (Å²) >= 11 is 0. The third kappa shape index (κ3) is 5.13. The van der Waals surface area contributed by atoms with Gasteiger partial charge in [0, 0.05) is 19.2 Å². The van der Waals surface area contributed by atoms with E-state index in [0.29, 0.717) is 34.7 Å². The van der Waals surface area contributed by atoms with Crippen molar-refractivity contribution in [2.45, 2.75) is 30.5 Å². The largest absolute Gasteiger partial charge is 0.495 e. The van der Waals surface area contributed by atoms with Gasteiger partial charge in [-0.2, -0.15) is 17.5 Å². The zero-order chi connectivity index (χ0) is 27.1. The topological polar surface area (TPSA) is 102 Å². The van der Waals surface area contributed by atoms with Crippen molar-refractivity contribution in [3.05, 3.63) is 66.1 Å². The molecule has 0 N–H and O–H groups in total. The molecule has 0 bridgehead atoms. The number of carbonyl (C=O) groups excluding carboxylic acids is 1. The molecule has 0 spiro atoms. The van der Waals surface area contributed by atoms with Crippen LogP contribution in [-0.4, -0.2) is 62.7 Å². The highest BCUT2D eigenvalue weighted by molar-refractivity contribution is 7.88. The van der Waals surface area contributed by atoms with Gasteiger partial charge in [-0.15, -0.1) is 0 Å². The fourth-order valence-electron chi connectivity index (χ4n) is 4.85. The molecular formula is C25H24F3N3O6S. The minimum Gasteiger partial charge on any atom is -0.495 e. The monoisotopic (exact) mass is 551 g/mol. The summed E-state index contributed by atoms with van der Waals surface area (Å²) in [6.45, 7) is -0.0325. The number of morpholine rings is 1. The molecule has 1 aromatic heterocycles. The third-order valence-electron chi connectivity index (χ3n) is 6.69. The van der Waals surface area contributed by atoms with Crippen LogP contribution in [0.1, 0.15) is 17.7 Å². The summed E-state index contributed by atoms with van der Waals surface area (Å²) in [6.07, 6.45) is -3.45. The molecule has 1 amide bonds. The van der Waals surface area contributed by atoms with E-state index in [1.807, 2.05) is 0 Å². The first-order valence-corrected chi connectivity index (χ1v) is 13.3. The quantitative estimate of drug-likeness (QED) is 0.460. The SMILES string of the molecule is COc1cc(-c2cccc(C(F)(F)F)c2)ccc1N1C(=O)CO[C@H]2CN(S(=O)(=O)Cc3ccon3)CC[C@@H]21. The van der Waals surface area contributed by atoms with E-state index in [2.05, 4.69) is 5.16 Å². The van der Waals surface area contributed by atoms with Crippen LogP contribution in [0.5, 0.6) is 5.75 Å². The summed E-state index contributed by atoms with van der Waals surface area (Å²) < 4.78 is 82.8. The molecule has 0 aliphatic carbocycles. The van der Waals surface area contributed by atoms with Crippen molar-refractivity contribution in [2.75, 3.05) is 31.7 Å². The lowest BCUT2D eigenvalue weighted by Crippen LogP contribution is -2.62. The number of hydrogen-bond acceptors (Lipinski definition) is 7. The molecule has 2 saturated heterocycles. The second-order valence-electron chi connectivity index (χ2n) is 9.04. The molecule has 2 aliphatic heterocycles. The number of fused-ring (bicyclic) bond motifs is 1. The first-order chi connectivity index (χ1) is 18.1. The number of nitrogens with zero attached hydrogens (tertiary/aromatic N) is 3. The molecule has 0 unspecified atom stereocenters. The predicted molar refractivity (Wildman–Crippen MR) is 130 cm³/mol. The van der Waals surface area contributed by atoms with Crippen molar-refractivity contribution in [2.24, 2.45) is 0 Å². The van der Waals surface area contributed by atoms with Gasteiger partial charge in [-0.1, -0.05) is 23.4 Å². The van der Waals surface area contributed by atoms with E-state index in [9.17, 15) is 26.4 Å². The normalized spacial score (nSPS) is 20.8. The maximum Gasteiger partial charge on any atom is 0.416 e. The smallest absolute Gasteiger partial charge is 0.416 e. The number of sulfonamides is 1. The van der Waals surface area contributed by atoms with E-state index >= 15 is 0 Å². The number of benzene rings is 2. The number of carbonyl (C=O) groups is 1. The maximum atomic E-state index is 13.2. The zero-order valence-electron chi connectivity index (χ0n) is 20.2. The summed E-state index contributed by atoms with van der Waals surface area (Å²) in [5.74, 6) is -0.334. The van der Waals surface area contributed by atoms with Crippen LogP contribution >= 0.6 is 0 Å². The van der Waals surface area contributed by atoms with Crippen LogP contribution in [0, 0.1) is 0 Å². The minimum atomic E-state index is -4.48. The lowest BCUT2D eigenvalue weighted by Gasteiger charge is -2.46. The average molecular weight is 552 g/mol. The maximum absolute atomic E-state index is 13.2. The molecule has 3 heterocycles. The molecule has 2 aliphatic rings. The van der Waals surface area contributed by atoms with Gasteiger partial charge in [0.05, 0.1) is 36.2 Å². The molecule has 3 aromatic rings. The number of hydrogen-bond donors (Lipinski definition) is 0. The lowest BCUT2D eigenvalue weighted by molar-refractivity contribution is -0.137. The molecule has 38 heavy (non-hydrogen) atoms. The van der Waals surface area contributed by atoms with Gasteiger partial charge in [-0.3, -0.25) is 4.79 Å². The van der Waals surface area contributed by atoms with Gasteiger partial charge >= 0.3 is 6.18 Å². The van der Waals surface area contributed by atoms with Gasteiger partial charge in [-0.25, -0.2) is 8.42 Å². The van der Waals surface area contributed by atoms with Crippen LogP contribution in [0.15, 0.2) is 59.3 Å². The van der Waals surface area contributed by atoms with Crippen LogP contribution in [0.3, 0.4) is 0 Å². The van der Waals surface area contributed by atoms with Crippen molar-refractivity contribution in [1.29, 1.82) is 0 Å². The number of amides is 1. The molecule has 2 aromatic carbocycles. The highest BCUT2D eigenvalue weighted by atomic mass is 32.2. The number of alkyl halides is 3. The molecule has 0 radical (unpaired) electrons. The van der Waals surface area contributed by atoms with E-state index in [1.165, 1.54) is 29.8 Å². The molecule has 2 fully saturated rings. The van der Waals surface area contributed by atoms with E-state index in [1.54, 1.807) is 29.2 Å². The number of anilines is 1. The molecule has 9 nitrogen and oxygen atoms in total. The van der Waals surface area contributed by atoms with Crippen molar-refractivity contribution < 1.29 is 40.4 Å². The van der Waals surface area contributed by atoms with Gasteiger partial charge in [0.15, 0.2) is 0 Å². The van der Waals surface area contributed by atoms with Crippen LogP contribution in [0.25, 0.3) is 11.1 Å². The van der Waals surface area contributed by atoms with E-state index in [-0.39, 0.29) is 31.4 Å². The van der Waals surface area contributed by atoms with Crippen LogP contribution in [0.2, 0.25) is 0 Å². The Bertz CT molecular complexity index is 1430.